The minimum absolute atomic E-state index is 0.0382. The van der Waals surface area contributed by atoms with Gasteiger partial charge in [0.2, 0.25) is 15.9 Å². The fourth-order valence-corrected chi connectivity index (χ4v) is 2.99. The van der Waals surface area contributed by atoms with Crippen LogP contribution in [0, 0.1) is 5.82 Å². The van der Waals surface area contributed by atoms with Crippen molar-refractivity contribution in [2.24, 2.45) is 5.14 Å². The second-order valence-electron chi connectivity index (χ2n) is 6.26. The molecule has 2 amide bonds. The number of hydrogen-bond donors (Lipinski definition) is 3. The number of primary sulfonamides is 1. The van der Waals surface area contributed by atoms with Gasteiger partial charge in [0.25, 0.3) is 0 Å². The van der Waals surface area contributed by atoms with Gasteiger partial charge < -0.3 is 15.4 Å². The molecule has 0 aliphatic heterocycles. The van der Waals surface area contributed by atoms with E-state index in [4.69, 9.17) is 9.88 Å². The van der Waals surface area contributed by atoms with Crippen molar-refractivity contribution in [3.8, 4) is 11.6 Å². The van der Waals surface area contributed by atoms with E-state index in [0.29, 0.717) is 30.3 Å². The summed E-state index contributed by atoms with van der Waals surface area (Å²) in [7, 11) is -3.72. The minimum Gasteiger partial charge on any atom is -0.439 e. The first kappa shape index (κ1) is 21.2. The van der Waals surface area contributed by atoms with E-state index >= 15 is 0 Å². The smallest absolute Gasteiger partial charge is 0.319 e. The highest BCUT2D eigenvalue weighted by molar-refractivity contribution is 7.89. The molecular weight excluding hydrogens is 411 g/mol. The number of pyridine rings is 1. The van der Waals surface area contributed by atoms with Crippen LogP contribution in [0.5, 0.6) is 11.6 Å². The van der Waals surface area contributed by atoms with Crippen molar-refractivity contribution in [3.63, 3.8) is 0 Å². The molecule has 0 saturated heterocycles. The molecule has 0 aliphatic rings. The van der Waals surface area contributed by atoms with Gasteiger partial charge in [-0.2, -0.15) is 0 Å². The van der Waals surface area contributed by atoms with Crippen LogP contribution in [-0.2, 0) is 16.4 Å². The molecule has 3 aromatic rings. The average molecular weight is 430 g/mol. The zero-order chi connectivity index (χ0) is 21.6. The molecule has 10 heteroatoms. The lowest BCUT2D eigenvalue weighted by Crippen LogP contribution is -2.30. The molecule has 0 atom stereocenters. The number of aromatic nitrogens is 1. The number of halogens is 1. The number of sulfonamides is 1. The van der Waals surface area contributed by atoms with Crippen LogP contribution in [0.2, 0.25) is 0 Å². The first-order chi connectivity index (χ1) is 14.3. The molecule has 2 aromatic carbocycles. The maximum atomic E-state index is 12.9. The number of nitrogens with two attached hydrogens (primary N) is 1. The summed E-state index contributed by atoms with van der Waals surface area (Å²) in [5.74, 6) is 0.386. The zero-order valence-electron chi connectivity index (χ0n) is 15.7. The quantitative estimate of drug-likeness (QED) is 0.532. The third-order valence-corrected chi connectivity index (χ3v) is 4.91. The molecule has 0 fully saturated rings. The summed E-state index contributed by atoms with van der Waals surface area (Å²) in [5.41, 5.74) is 1.32. The van der Waals surface area contributed by atoms with Crippen molar-refractivity contribution >= 4 is 21.7 Å². The zero-order valence-corrected chi connectivity index (χ0v) is 16.5. The monoisotopic (exact) mass is 430 g/mol. The molecule has 4 N–H and O–H groups in total. The second kappa shape index (κ2) is 9.33. The predicted octanol–water partition coefficient (Wildman–Crippen LogP) is 3.02. The van der Waals surface area contributed by atoms with E-state index in [1.165, 1.54) is 42.6 Å². The predicted molar refractivity (Wildman–Crippen MR) is 109 cm³/mol. The largest absolute Gasteiger partial charge is 0.439 e. The Kier molecular flexibility index (Phi) is 6.60. The summed E-state index contributed by atoms with van der Waals surface area (Å²) in [6.07, 6.45) is 1.95. The van der Waals surface area contributed by atoms with E-state index in [-0.39, 0.29) is 10.7 Å². The van der Waals surface area contributed by atoms with Crippen LogP contribution in [0.25, 0.3) is 0 Å². The van der Waals surface area contributed by atoms with E-state index in [1.807, 2.05) is 0 Å². The number of benzene rings is 2. The minimum atomic E-state index is -3.72. The number of hydrogen-bond acceptors (Lipinski definition) is 5. The Morgan fingerprint density at radius 1 is 1.03 bits per heavy atom. The Bertz CT molecular complexity index is 1100. The van der Waals surface area contributed by atoms with Gasteiger partial charge in [0, 0.05) is 12.6 Å². The van der Waals surface area contributed by atoms with Gasteiger partial charge in [-0.05, 0) is 54.4 Å². The lowest BCUT2D eigenvalue weighted by molar-refractivity contribution is 0.252. The number of carbonyl (C=O) groups is 1. The Balaban J connectivity index is 1.45. The molecule has 0 saturated carbocycles. The number of amides is 2. The summed E-state index contributed by atoms with van der Waals surface area (Å²) in [5, 5.41) is 10.4. The topological polar surface area (TPSA) is 123 Å². The van der Waals surface area contributed by atoms with Crippen molar-refractivity contribution in [1.82, 2.24) is 10.3 Å². The van der Waals surface area contributed by atoms with E-state index < -0.39 is 16.1 Å². The van der Waals surface area contributed by atoms with Crippen molar-refractivity contribution in [3.05, 3.63) is 78.2 Å². The van der Waals surface area contributed by atoms with Gasteiger partial charge in [-0.15, -0.1) is 0 Å². The molecule has 0 radical (unpaired) electrons. The third kappa shape index (κ3) is 6.26. The first-order valence-corrected chi connectivity index (χ1v) is 10.4. The third-order valence-electron chi connectivity index (χ3n) is 3.98. The first-order valence-electron chi connectivity index (χ1n) is 8.86. The Labute approximate surface area is 173 Å². The molecule has 156 valence electrons. The fraction of sp³-hybridized carbons (Fsp3) is 0.100. The highest BCUT2D eigenvalue weighted by Gasteiger charge is 2.07. The summed E-state index contributed by atoms with van der Waals surface area (Å²) in [4.78, 5) is 16.1. The van der Waals surface area contributed by atoms with Crippen LogP contribution in [0.1, 0.15) is 5.56 Å². The van der Waals surface area contributed by atoms with Gasteiger partial charge in [-0.3, -0.25) is 0 Å². The Morgan fingerprint density at radius 3 is 2.33 bits per heavy atom. The number of nitrogens with zero attached hydrogens (tertiary/aromatic N) is 1. The average Bonchev–Trinajstić information content (AvgIpc) is 2.71. The molecule has 0 spiro atoms. The van der Waals surface area contributed by atoms with Crippen LogP contribution < -0.4 is 20.5 Å². The summed E-state index contributed by atoms with van der Waals surface area (Å²) in [6, 6.07) is 14.4. The van der Waals surface area contributed by atoms with Crippen LogP contribution in [0.15, 0.2) is 71.8 Å². The van der Waals surface area contributed by atoms with Crippen LogP contribution >= 0.6 is 0 Å². The van der Waals surface area contributed by atoms with Gasteiger partial charge in [-0.25, -0.2) is 27.7 Å². The lowest BCUT2D eigenvalue weighted by Gasteiger charge is -2.09. The van der Waals surface area contributed by atoms with Gasteiger partial charge in [0.05, 0.1) is 16.8 Å². The second-order valence-corrected chi connectivity index (χ2v) is 7.82. The van der Waals surface area contributed by atoms with Gasteiger partial charge >= 0.3 is 6.03 Å². The Morgan fingerprint density at radius 2 is 1.73 bits per heavy atom. The van der Waals surface area contributed by atoms with E-state index in [9.17, 15) is 17.6 Å². The van der Waals surface area contributed by atoms with E-state index in [1.54, 1.807) is 24.3 Å². The highest BCUT2D eigenvalue weighted by Crippen LogP contribution is 2.20. The number of urea groups is 1. The van der Waals surface area contributed by atoms with Crippen LogP contribution in [0.4, 0.5) is 14.9 Å². The molecule has 8 nitrogen and oxygen atoms in total. The van der Waals surface area contributed by atoms with E-state index in [2.05, 4.69) is 15.6 Å². The molecule has 3 rings (SSSR count). The van der Waals surface area contributed by atoms with Crippen molar-refractivity contribution in [1.29, 1.82) is 0 Å². The number of carbonyl (C=O) groups excluding carboxylic acids is 1. The number of anilines is 1. The van der Waals surface area contributed by atoms with Crippen LogP contribution in [0.3, 0.4) is 0 Å². The molecular formula is C20H19FN4O4S. The summed E-state index contributed by atoms with van der Waals surface area (Å²) >= 11 is 0. The molecule has 0 unspecified atom stereocenters. The fourth-order valence-electron chi connectivity index (χ4n) is 2.48. The highest BCUT2D eigenvalue weighted by atomic mass is 32.2. The maximum Gasteiger partial charge on any atom is 0.319 e. The number of nitrogens with one attached hydrogen (secondary N) is 2. The molecule has 1 heterocycles. The van der Waals surface area contributed by atoms with Crippen molar-refractivity contribution in [2.45, 2.75) is 11.3 Å². The summed E-state index contributed by atoms with van der Waals surface area (Å²) in [6.45, 7) is 0.347. The molecule has 30 heavy (non-hydrogen) atoms. The van der Waals surface area contributed by atoms with Gasteiger partial charge in [0.1, 0.15) is 11.6 Å². The van der Waals surface area contributed by atoms with Crippen molar-refractivity contribution in [2.75, 3.05) is 11.9 Å². The van der Waals surface area contributed by atoms with Gasteiger partial charge in [-0.1, -0.05) is 12.1 Å². The number of ether oxygens (including phenoxy) is 1. The SMILES string of the molecule is NS(=O)(=O)c1ccc(CCNC(=O)Nc2ccc(Oc3ccc(F)cc3)nc2)cc1. The molecule has 0 aliphatic carbocycles. The maximum absolute atomic E-state index is 12.9. The van der Waals surface area contributed by atoms with E-state index in [0.717, 1.165) is 5.56 Å². The molecule has 0 bridgehead atoms. The van der Waals surface area contributed by atoms with Crippen molar-refractivity contribution < 1.29 is 22.3 Å². The molecule has 1 aromatic heterocycles. The summed E-state index contributed by atoms with van der Waals surface area (Å²) < 4.78 is 40.8. The normalized spacial score (nSPS) is 11.0. The van der Waals surface area contributed by atoms with Crippen LogP contribution in [-0.4, -0.2) is 26.0 Å². The standard InChI is InChI=1S/C20H19FN4O4S/c21-15-3-6-17(7-4-15)29-19-10-5-16(13-24-19)25-20(26)23-12-11-14-1-8-18(9-2-14)30(22,27)28/h1-10,13H,11-12H2,(H2,22,27,28)(H2,23,25,26). The lowest BCUT2D eigenvalue weighted by atomic mass is 10.1. The number of rotatable bonds is 7. The Hall–Kier alpha value is -3.50. The van der Waals surface area contributed by atoms with Gasteiger partial charge in [0.15, 0.2) is 0 Å².